The summed E-state index contributed by atoms with van der Waals surface area (Å²) in [4.78, 5) is 0.441. The number of nitrogens with one attached hydrogen (secondary N) is 1. The lowest BCUT2D eigenvalue weighted by molar-refractivity contribution is 0.321. The van der Waals surface area contributed by atoms with E-state index in [-0.39, 0.29) is 5.54 Å². The highest BCUT2D eigenvalue weighted by molar-refractivity contribution is 7.99. The van der Waals surface area contributed by atoms with Crippen LogP contribution in [0.4, 0.5) is 0 Å². The van der Waals surface area contributed by atoms with Gasteiger partial charge in [0.15, 0.2) is 0 Å². The number of hydrogen-bond acceptors (Lipinski definition) is 2. The van der Waals surface area contributed by atoms with Crippen LogP contribution < -0.4 is 4.72 Å². The summed E-state index contributed by atoms with van der Waals surface area (Å²) in [5.41, 5.74) is 1.33. The molecule has 0 atom stereocenters. The van der Waals surface area contributed by atoms with Gasteiger partial charge in [0, 0.05) is 5.02 Å². The molecule has 1 aliphatic carbocycles. The third-order valence-corrected chi connectivity index (χ3v) is 6.46. The fourth-order valence-electron chi connectivity index (χ4n) is 3.41. The van der Waals surface area contributed by atoms with Crippen LogP contribution in [0.5, 0.6) is 0 Å². The molecule has 20 heavy (non-hydrogen) atoms. The molecule has 1 aromatic carbocycles. The fraction of sp³-hybridized carbons (Fsp3) is 0.467. The molecule has 108 valence electrons. The SMILES string of the molecule is CC1=C(c2ccc(Cl)cc2)S(=O)(=O)NC12CCCCC2. The molecule has 1 N–H and O–H groups in total. The molecule has 0 amide bonds. The van der Waals surface area contributed by atoms with Gasteiger partial charge in [-0.05, 0) is 43.0 Å². The van der Waals surface area contributed by atoms with Crippen molar-refractivity contribution in [1.29, 1.82) is 0 Å². The monoisotopic (exact) mass is 311 g/mol. The highest BCUT2D eigenvalue weighted by Crippen LogP contribution is 2.45. The van der Waals surface area contributed by atoms with Crippen LogP contribution in [-0.4, -0.2) is 14.0 Å². The van der Waals surface area contributed by atoms with E-state index in [1.807, 2.05) is 6.92 Å². The minimum Gasteiger partial charge on any atom is -0.207 e. The van der Waals surface area contributed by atoms with E-state index in [9.17, 15) is 8.42 Å². The van der Waals surface area contributed by atoms with Crippen LogP contribution in [0.2, 0.25) is 5.02 Å². The molecule has 3 nitrogen and oxygen atoms in total. The highest BCUT2D eigenvalue weighted by Gasteiger charge is 2.46. The lowest BCUT2D eigenvalue weighted by atomic mass is 9.77. The average Bonchev–Trinajstić information content (AvgIpc) is 2.59. The molecular weight excluding hydrogens is 294 g/mol. The van der Waals surface area contributed by atoms with Crippen molar-refractivity contribution in [2.75, 3.05) is 0 Å². The Labute approximate surface area is 125 Å². The van der Waals surface area contributed by atoms with Crippen LogP contribution in [0.15, 0.2) is 29.8 Å². The van der Waals surface area contributed by atoms with Gasteiger partial charge in [0.05, 0.1) is 10.4 Å². The first-order valence-corrected chi connectivity index (χ1v) is 8.82. The summed E-state index contributed by atoms with van der Waals surface area (Å²) in [7, 11) is -3.42. The normalized spacial score (nSPS) is 24.3. The van der Waals surface area contributed by atoms with Gasteiger partial charge in [0.1, 0.15) is 0 Å². The lowest BCUT2D eigenvalue weighted by Gasteiger charge is -2.34. The smallest absolute Gasteiger partial charge is 0.207 e. The van der Waals surface area contributed by atoms with Crippen molar-refractivity contribution in [3.05, 3.63) is 40.4 Å². The van der Waals surface area contributed by atoms with Crippen LogP contribution in [-0.2, 0) is 10.0 Å². The van der Waals surface area contributed by atoms with Crippen molar-refractivity contribution in [3.8, 4) is 0 Å². The number of benzene rings is 1. The third-order valence-electron chi connectivity index (χ3n) is 4.47. The van der Waals surface area contributed by atoms with E-state index in [0.717, 1.165) is 36.8 Å². The van der Waals surface area contributed by atoms with Crippen molar-refractivity contribution in [3.63, 3.8) is 0 Å². The summed E-state index contributed by atoms with van der Waals surface area (Å²) in [5.74, 6) is 0. The predicted molar refractivity (Wildman–Crippen MR) is 81.9 cm³/mol. The molecule has 5 heteroatoms. The van der Waals surface area contributed by atoms with Gasteiger partial charge in [-0.1, -0.05) is 43.0 Å². The molecule has 1 aromatic rings. The van der Waals surface area contributed by atoms with Crippen molar-refractivity contribution in [1.82, 2.24) is 4.72 Å². The van der Waals surface area contributed by atoms with Crippen molar-refractivity contribution >= 4 is 26.5 Å². The van der Waals surface area contributed by atoms with E-state index in [4.69, 9.17) is 11.6 Å². The molecule has 0 saturated heterocycles. The second-order valence-electron chi connectivity index (χ2n) is 5.71. The van der Waals surface area contributed by atoms with Gasteiger partial charge in [-0.15, -0.1) is 0 Å². The van der Waals surface area contributed by atoms with Crippen molar-refractivity contribution < 1.29 is 8.42 Å². The van der Waals surface area contributed by atoms with Gasteiger partial charge in [0.25, 0.3) is 0 Å². The maximum absolute atomic E-state index is 12.5. The van der Waals surface area contributed by atoms with Crippen molar-refractivity contribution in [2.24, 2.45) is 0 Å². The maximum Gasteiger partial charge on any atom is 0.241 e. The zero-order chi connectivity index (χ0) is 14.4. The van der Waals surface area contributed by atoms with Gasteiger partial charge in [-0.25, -0.2) is 13.1 Å². The molecule has 1 saturated carbocycles. The average molecular weight is 312 g/mol. The Morgan fingerprint density at radius 1 is 1.10 bits per heavy atom. The Kier molecular flexibility index (Phi) is 3.43. The molecule has 2 aliphatic rings. The molecule has 1 spiro atoms. The Hall–Kier alpha value is -0.840. The predicted octanol–water partition coefficient (Wildman–Crippen LogP) is 3.71. The summed E-state index contributed by atoms with van der Waals surface area (Å²) in [6, 6.07) is 7.03. The summed E-state index contributed by atoms with van der Waals surface area (Å²) in [6.45, 7) is 1.95. The van der Waals surface area contributed by atoms with E-state index in [2.05, 4.69) is 4.72 Å². The second-order valence-corrected chi connectivity index (χ2v) is 7.76. The standard InChI is InChI=1S/C15H18ClNO2S/c1-11-14(12-5-7-13(16)8-6-12)20(18,19)17-15(11)9-3-2-4-10-15/h5-8,17H,2-4,9-10H2,1H3. The molecular formula is C15H18ClNO2S. The molecule has 0 unspecified atom stereocenters. The number of rotatable bonds is 1. The van der Waals surface area contributed by atoms with E-state index < -0.39 is 10.0 Å². The Bertz CT molecular complexity index is 656. The van der Waals surface area contributed by atoms with Crippen LogP contribution in [0.3, 0.4) is 0 Å². The molecule has 0 bridgehead atoms. The Morgan fingerprint density at radius 3 is 2.30 bits per heavy atom. The van der Waals surface area contributed by atoms with Gasteiger partial charge in [0.2, 0.25) is 10.0 Å². The second kappa shape index (κ2) is 4.86. The summed E-state index contributed by atoms with van der Waals surface area (Å²) in [6.07, 6.45) is 5.14. The lowest BCUT2D eigenvalue weighted by Crippen LogP contribution is -2.45. The first-order chi connectivity index (χ1) is 9.45. The quantitative estimate of drug-likeness (QED) is 0.859. The van der Waals surface area contributed by atoms with E-state index in [1.165, 1.54) is 6.42 Å². The molecule has 1 aliphatic heterocycles. The molecule has 0 aromatic heterocycles. The minimum absolute atomic E-state index is 0.355. The van der Waals surface area contributed by atoms with E-state index in [1.54, 1.807) is 24.3 Å². The van der Waals surface area contributed by atoms with E-state index >= 15 is 0 Å². The van der Waals surface area contributed by atoms with Crippen LogP contribution in [0.25, 0.3) is 4.91 Å². The van der Waals surface area contributed by atoms with Gasteiger partial charge in [-0.3, -0.25) is 0 Å². The number of sulfonamides is 1. The zero-order valence-corrected chi connectivity index (χ0v) is 13.0. The van der Waals surface area contributed by atoms with Gasteiger partial charge >= 0.3 is 0 Å². The fourth-order valence-corrected chi connectivity index (χ4v) is 5.55. The minimum atomic E-state index is -3.42. The molecule has 3 rings (SSSR count). The topological polar surface area (TPSA) is 46.2 Å². The van der Waals surface area contributed by atoms with Gasteiger partial charge in [-0.2, -0.15) is 0 Å². The van der Waals surface area contributed by atoms with Crippen molar-refractivity contribution in [2.45, 2.75) is 44.6 Å². The highest BCUT2D eigenvalue weighted by atomic mass is 35.5. The van der Waals surface area contributed by atoms with E-state index in [0.29, 0.717) is 9.93 Å². The largest absolute Gasteiger partial charge is 0.241 e. The zero-order valence-electron chi connectivity index (χ0n) is 11.4. The molecule has 1 fully saturated rings. The number of halogens is 1. The maximum atomic E-state index is 12.5. The molecule has 1 heterocycles. The Morgan fingerprint density at radius 2 is 1.70 bits per heavy atom. The Balaban J connectivity index is 2.13. The summed E-state index contributed by atoms with van der Waals surface area (Å²) >= 11 is 5.89. The van der Waals surface area contributed by atoms with Crippen LogP contribution >= 0.6 is 11.6 Å². The van der Waals surface area contributed by atoms with Crippen LogP contribution in [0.1, 0.15) is 44.6 Å². The number of hydrogen-bond donors (Lipinski definition) is 1. The molecule has 0 radical (unpaired) electrons. The first-order valence-electron chi connectivity index (χ1n) is 6.96. The van der Waals surface area contributed by atoms with Gasteiger partial charge < -0.3 is 0 Å². The summed E-state index contributed by atoms with van der Waals surface area (Å²) < 4.78 is 28.0. The summed E-state index contributed by atoms with van der Waals surface area (Å²) in [5, 5.41) is 0.614. The van der Waals surface area contributed by atoms with Crippen LogP contribution in [0, 0.1) is 0 Å². The first kappa shape index (κ1) is 14.1. The third kappa shape index (κ3) is 2.20.